The van der Waals surface area contributed by atoms with E-state index >= 15 is 0 Å². The van der Waals surface area contributed by atoms with Gasteiger partial charge in [-0.1, -0.05) is 23.7 Å². The highest BCUT2D eigenvalue weighted by molar-refractivity contribution is 6.33. The molecule has 2 aliphatic rings. The Labute approximate surface area is 174 Å². The van der Waals surface area contributed by atoms with E-state index in [2.05, 4.69) is 10.4 Å². The maximum Gasteiger partial charge on any atom is 0.256 e. The van der Waals surface area contributed by atoms with E-state index in [1.807, 2.05) is 4.90 Å². The molecule has 0 unspecified atom stereocenters. The zero-order valence-electron chi connectivity index (χ0n) is 16.3. The van der Waals surface area contributed by atoms with Crippen molar-refractivity contribution in [2.75, 3.05) is 13.1 Å². The quantitative estimate of drug-likeness (QED) is 0.811. The fourth-order valence-corrected chi connectivity index (χ4v) is 4.09. The van der Waals surface area contributed by atoms with Crippen LogP contribution in [0.4, 0.5) is 4.39 Å². The maximum atomic E-state index is 13.1. The Bertz CT molecular complexity index is 916. The van der Waals surface area contributed by atoms with Gasteiger partial charge < -0.3 is 10.2 Å². The summed E-state index contributed by atoms with van der Waals surface area (Å²) in [6.07, 6.45) is 3.50. The van der Waals surface area contributed by atoms with Crippen LogP contribution in [0, 0.1) is 18.7 Å². The first kappa shape index (κ1) is 19.9. The number of aryl methyl sites for hydroxylation is 1. The van der Waals surface area contributed by atoms with Crippen LogP contribution in [0.15, 0.2) is 24.3 Å². The van der Waals surface area contributed by atoms with E-state index in [1.165, 1.54) is 12.1 Å². The SMILES string of the molecule is Cc1nn(Cc2ccc(F)cc2)c(Cl)c1C(=O)NC1CCN(C(=O)C2CC2)CC1. The molecular weight excluding hydrogens is 395 g/mol. The second-order valence-electron chi connectivity index (χ2n) is 7.88. The van der Waals surface area contributed by atoms with Gasteiger partial charge >= 0.3 is 0 Å². The lowest BCUT2D eigenvalue weighted by Crippen LogP contribution is -2.47. The molecule has 8 heteroatoms. The van der Waals surface area contributed by atoms with Gasteiger partial charge in [0.05, 0.1) is 17.8 Å². The Morgan fingerprint density at radius 3 is 2.45 bits per heavy atom. The Balaban J connectivity index is 1.38. The van der Waals surface area contributed by atoms with E-state index in [4.69, 9.17) is 11.6 Å². The zero-order chi connectivity index (χ0) is 20.5. The van der Waals surface area contributed by atoms with Gasteiger partial charge in [-0.05, 0) is 50.3 Å². The Kier molecular flexibility index (Phi) is 5.58. The molecule has 1 aromatic carbocycles. The van der Waals surface area contributed by atoms with E-state index in [9.17, 15) is 14.0 Å². The van der Waals surface area contributed by atoms with E-state index < -0.39 is 0 Å². The fourth-order valence-electron chi connectivity index (χ4n) is 3.77. The van der Waals surface area contributed by atoms with E-state index in [0.29, 0.717) is 30.9 Å². The van der Waals surface area contributed by atoms with Gasteiger partial charge in [0, 0.05) is 25.0 Å². The van der Waals surface area contributed by atoms with E-state index in [-0.39, 0.29) is 34.7 Å². The number of amides is 2. The van der Waals surface area contributed by atoms with Gasteiger partial charge in [-0.3, -0.25) is 9.59 Å². The molecule has 2 amide bonds. The average Bonchev–Trinajstić information content (AvgIpc) is 3.50. The zero-order valence-corrected chi connectivity index (χ0v) is 17.1. The lowest BCUT2D eigenvalue weighted by atomic mass is 10.0. The number of benzene rings is 1. The minimum Gasteiger partial charge on any atom is -0.349 e. The van der Waals surface area contributed by atoms with Gasteiger partial charge in [-0.2, -0.15) is 5.10 Å². The third-order valence-corrected chi connectivity index (χ3v) is 5.99. The van der Waals surface area contributed by atoms with Gasteiger partial charge in [0.2, 0.25) is 5.91 Å². The summed E-state index contributed by atoms with van der Waals surface area (Å²) >= 11 is 6.44. The fraction of sp³-hybridized carbons (Fsp3) is 0.476. The van der Waals surface area contributed by atoms with Gasteiger partial charge in [0.25, 0.3) is 5.91 Å². The lowest BCUT2D eigenvalue weighted by molar-refractivity contribution is -0.133. The Hall–Kier alpha value is -2.41. The van der Waals surface area contributed by atoms with Crippen molar-refractivity contribution >= 4 is 23.4 Å². The number of carbonyl (C=O) groups excluding carboxylic acids is 2. The topological polar surface area (TPSA) is 67.2 Å². The predicted octanol–water partition coefficient (Wildman–Crippen LogP) is 3.16. The maximum absolute atomic E-state index is 13.1. The van der Waals surface area contributed by atoms with Crippen molar-refractivity contribution in [1.82, 2.24) is 20.0 Å². The molecule has 6 nitrogen and oxygen atoms in total. The van der Waals surface area contributed by atoms with Crippen molar-refractivity contribution in [1.29, 1.82) is 0 Å². The summed E-state index contributed by atoms with van der Waals surface area (Å²) in [5, 5.41) is 7.69. The van der Waals surface area contributed by atoms with Crippen LogP contribution in [0.1, 0.15) is 47.3 Å². The van der Waals surface area contributed by atoms with Gasteiger partial charge in [0.1, 0.15) is 11.0 Å². The number of piperidine rings is 1. The van der Waals surface area contributed by atoms with Crippen LogP contribution in [-0.4, -0.2) is 45.6 Å². The molecule has 1 aliphatic carbocycles. The molecule has 2 heterocycles. The minimum atomic E-state index is -0.304. The monoisotopic (exact) mass is 418 g/mol. The van der Waals surface area contributed by atoms with Gasteiger partial charge in [-0.15, -0.1) is 0 Å². The molecule has 0 spiro atoms. The molecule has 2 fully saturated rings. The van der Waals surface area contributed by atoms with Crippen LogP contribution in [0.2, 0.25) is 5.15 Å². The number of hydrogen-bond donors (Lipinski definition) is 1. The number of carbonyl (C=O) groups is 2. The largest absolute Gasteiger partial charge is 0.349 e. The number of likely N-dealkylation sites (tertiary alicyclic amines) is 1. The summed E-state index contributed by atoms with van der Waals surface area (Å²) in [6.45, 7) is 3.46. The van der Waals surface area contributed by atoms with Crippen molar-refractivity contribution in [3.63, 3.8) is 0 Å². The highest BCUT2D eigenvalue weighted by Gasteiger charge is 2.35. The second kappa shape index (κ2) is 8.14. The first-order valence-electron chi connectivity index (χ1n) is 9.99. The molecule has 154 valence electrons. The summed E-state index contributed by atoms with van der Waals surface area (Å²) in [4.78, 5) is 26.9. The number of halogens is 2. The summed E-state index contributed by atoms with van der Waals surface area (Å²) in [6, 6.07) is 6.11. The van der Waals surface area contributed by atoms with Gasteiger partial charge in [-0.25, -0.2) is 9.07 Å². The number of hydrogen-bond acceptors (Lipinski definition) is 3. The van der Waals surface area contributed by atoms with E-state index in [1.54, 1.807) is 23.7 Å². The summed E-state index contributed by atoms with van der Waals surface area (Å²) in [5.74, 6) is -0.0588. The van der Waals surface area contributed by atoms with Crippen LogP contribution in [-0.2, 0) is 11.3 Å². The normalized spacial score (nSPS) is 17.4. The molecule has 1 saturated carbocycles. The van der Waals surface area contributed by atoms with Crippen molar-refractivity contribution in [2.24, 2.45) is 5.92 Å². The number of nitrogens with one attached hydrogen (secondary N) is 1. The number of rotatable bonds is 5. The molecule has 4 rings (SSSR count). The molecule has 0 atom stereocenters. The minimum absolute atomic E-state index is 0.0154. The van der Waals surface area contributed by atoms with Crippen LogP contribution in [0.25, 0.3) is 0 Å². The molecule has 1 aromatic heterocycles. The third-order valence-electron chi connectivity index (χ3n) is 5.61. The molecule has 0 bridgehead atoms. The van der Waals surface area contributed by atoms with Crippen LogP contribution in [0.5, 0.6) is 0 Å². The number of nitrogens with zero attached hydrogens (tertiary/aromatic N) is 3. The first-order valence-corrected chi connectivity index (χ1v) is 10.4. The summed E-state index contributed by atoms with van der Waals surface area (Å²) in [5.41, 5.74) is 1.76. The molecule has 1 saturated heterocycles. The Morgan fingerprint density at radius 1 is 1.17 bits per heavy atom. The van der Waals surface area contributed by atoms with Gasteiger partial charge in [0.15, 0.2) is 0 Å². The van der Waals surface area contributed by atoms with Crippen molar-refractivity contribution in [3.8, 4) is 0 Å². The van der Waals surface area contributed by atoms with Crippen LogP contribution < -0.4 is 5.32 Å². The second-order valence-corrected chi connectivity index (χ2v) is 8.24. The summed E-state index contributed by atoms with van der Waals surface area (Å²) < 4.78 is 14.6. The van der Waals surface area contributed by atoms with Crippen LogP contribution >= 0.6 is 11.6 Å². The molecular formula is C21H24ClFN4O2. The highest BCUT2D eigenvalue weighted by Crippen LogP contribution is 2.32. The molecule has 2 aromatic rings. The van der Waals surface area contributed by atoms with Crippen molar-refractivity contribution in [3.05, 3.63) is 52.1 Å². The Morgan fingerprint density at radius 2 is 1.83 bits per heavy atom. The van der Waals surface area contributed by atoms with Crippen molar-refractivity contribution < 1.29 is 14.0 Å². The molecule has 1 aliphatic heterocycles. The third kappa shape index (κ3) is 4.45. The smallest absolute Gasteiger partial charge is 0.256 e. The number of aromatic nitrogens is 2. The van der Waals surface area contributed by atoms with Crippen LogP contribution in [0.3, 0.4) is 0 Å². The molecule has 1 N–H and O–H groups in total. The molecule has 29 heavy (non-hydrogen) atoms. The standard InChI is InChI=1S/C21H24ClFN4O2/c1-13-18(19(22)27(25-13)12-14-2-6-16(23)7-3-14)20(28)24-17-8-10-26(11-9-17)21(29)15-4-5-15/h2-3,6-7,15,17H,4-5,8-12H2,1H3,(H,24,28). The molecule has 0 radical (unpaired) electrons. The predicted molar refractivity (Wildman–Crippen MR) is 107 cm³/mol. The average molecular weight is 419 g/mol. The summed E-state index contributed by atoms with van der Waals surface area (Å²) in [7, 11) is 0. The van der Waals surface area contributed by atoms with E-state index in [0.717, 1.165) is 31.2 Å². The lowest BCUT2D eigenvalue weighted by Gasteiger charge is -2.32. The highest BCUT2D eigenvalue weighted by atomic mass is 35.5. The van der Waals surface area contributed by atoms with Crippen molar-refractivity contribution in [2.45, 2.75) is 45.2 Å². The first-order chi connectivity index (χ1) is 13.9.